The molecule has 0 aliphatic heterocycles. The van der Waals surface area contributed by atoms with Crippen LogP contribution in [0.5, 0.6) is 0 Å². The second-order valence-electron chi connectivity index (χ2n) is 4.25. The third kappa shape index (κ3) is 3.08. The molecule has 1 N–H and O–H groups in total. The van der Waals surface area contributed by atoms with E-state index in [0.29, 0.717) is 0 Å². The van der Waals surface area contributed by atoms with E-state index >= 15 is 0 Å². The van der Waals surface area contributed by atoms with Gasteiger partial charge in [0.1, 0.15) is 0 Å². The fraction of sp³-hybridized carbons (Fsp3) is 0.267. The second kappa shape index (κ2) is 6.17. The number of rotatable bonds is 5. The average Bonchev–Trinajstić information content (AvgIpc) is 2.93. The van der Waals surface area contributed by atoms with E-state index in [1.54, 1.807) is 6.20 Å². The molecule has 0 saturated carbocycles. The van der Waals surface area contributed by atoms with E-state index < -0.39 is 0 Å². The van der Waals surface area contributed by atoms with Gasteiger partial charge in [0.15, 0.2) is 0 Å². The molecule has 0 unspecified atom stereocenters. The monoisotopic (exact) mass is 241 g/mol. The minimum atomic E-state index is 0.944. The lowest BCUT2D eigenvalue weighted by molar-refractivity contribution is 0.851. The van der Waals surface area contributed by atoms with Gasteiger partial charge in [-0.25, -0.2) is 4.98 Å². The van der Waals surface area contributed by atoms with Crippen molar-refractivity contribution in [3.8, 4) is 5.69 Å². The van der Waals surface area contributed by atoms with Crippen LogP contribution in [0.3, 0.4) is 0 Å². The number of aromatic nitrogens is 2. The lowest BCUT2D eigenvalue weighted by Crippen LogP contribution is -2.09. The zero-order chi connectivity index (χ0) is 12.8. The first-order valence-corrected chi connectivity index (χ1v) is 6.26. The molecule has 94 valence electrons. The highest BCUT2D eigenvalue weighted by Crippen LogP contribution is 2.13. The predicted octanol–water partition coefficient (Wildman–Crippen LogP) is 2.89. The summed E-state index contributed by atoms with van der Waals surface area (Å²) in [5.74, 6) is 0. The van der Waals surface area contributed by atoms with E-state index in [2.05, 4.69) is 47.6 Å². The number of nitrogens with one attached hydrogen (secondary N) is 1. The van der Waals surface area contributed by atoms with Crippen molar-refractivity contribution in [1.82, 2.24) is 14.9 Å². The van der Waals surface area contributed by atoms with Crippen LogP contribution >= 0.6 is 0 Å². The molecule has 0 aliphatic carbocycles. The number of benzene rings is 1. The van der Waals surface area contributed by atoms with Crippen LogP contribution in [0.2, 0.25) is 0 Å². The Labute approximate surface area is 108 Å². The van der Waals surface area contributed by atoms with Crippen LogP contribution in [-0.2, 0) is 0 Å². The summed E-state index contributed by atoms with van der Waals surface area (Å²) in [4.78, 5) is 4.05. The van der Waals surface area contributed by atoms with Gasteiger partial charge < -0.3 is 9.88 Å². The van der Waals surface area contributed by atoms with E-state index in [4.69, 9.17) is 0 Å². The van der Waals surface area contributed by atoms with Gasteiger partial charge >= 0.3 is 0 Å². The Kier molecular flexibility index (Phi) is 4.31. The number of hydrogen-bond donors (Lipinski definition) is 1. The summed E-state index contributed by atoms with van der Waals surface area (Å²) in [6, 6.07) is 8.50. The molecule has 0 atom stereocenters. The first-order chi connectivity index (χ1) is 8.83. The van der Waals surface area contributed by atoms with Gasteiger partial charge in [0, 0.05) is 24.6 Å². The fourth-order valence-electron chi connectivity index (χ4n) is 1.90. The van der Waals surface area contributed by atoms with E-state index in [9.17, 15) is 0 Å². The smallest absolute Gasteiger partial charge is 0.0991 e. The number of imidazole rings is 1. The molecule has 0 fully saturated rings. The summed E-state index contributed by atoms with van der Waals surface area (Å²) in [6.07, 6.45) is 8.86. The van der Waals surface area contributed by atoms with Crippen molar-refractivity contribution < 1.29 is 0 Å². The molecule has 1 heterocycles. The van der Waals surface area contributed by atoms with Crippen LogP contribution in [0.25, 0.3) is 11.8 Å². The lowest BCUT2D eigenvalue weighted by atomic mass is 10.1. The molecular formula is C15H19N3. The van der Waals surface area contributed by atoms with Crippen LogP contribution in [0, 0.1) is 0 Å². The summed E-state index contributed by atoms with van der Waals surface area (Å²) >= 11 is 0. The highest BCUT2D eigenvalue weighted by atomic mass is 15.0. The van der Waals surface area contributed by atoms with Gasteiger partial charge in [0.05, 0.1) is 6.33 Å². The first kappa shape index (κ1) is 12.6. The Hall–Kier alpha value is -1.87. The highest BCUT2D eigenvalue weighted by Gasteiger charge is 1.97. The molecule has 0 saturated heterocycles. The molecule has 3 heteroatoms. The van der Waals surface area contributed by atoms with Crippen molar-refractivity contribution in [1.29, 1.82) is 0 Å². The lowest BCUT2D eigenvalue weighted by Gasteiger charge is -2.05. The van der Waals surface area contributed by atoms with Crippen LogP contribution < -0.4 is 5.32 Å². The molecule has 2 rings (SSSR count). The van der Waals surface area contributed by atoms with Gasteiger partial charge in [-0.3, -0.25) is 0 Å². The second-order valence-corrected chi connectivity index (χ2v) is 4.25. The molecule has 2 aromatic rings. The van der Waals surface area contributed by atoms with Crippen LogP contribution in [0.4, 0.5) is 0 Å². The number of nitrogens with zero attached hydrogens (tertiary/aromatic N) is 2. The van der Waals surface area contributed by atoms with Gasteiger partial charge in [0.25, 0.3) is 0 Å². The average molecular weight is 241 g/mol. The third-order valence-corrected chi connectivity index (χ3v) is 2.92. The van der Waals surface area contributed by atoms with E-state index in [0.717, 1.165) is 18.7 Å². The predicted molar refractivity (Wildman–Crippen MR) is 75.8 cm³/mol. The molecule has 1 aromatic heterocycles. The zero-order valence-corrected chi connectivity index (χ0v) is 10.9. The van der Waals surface area contributed by atoms with Gasteiger partial charge in [-0.15, -0.1) is 0 Å². The van der Waals surface area contributed by atoms with Crippen molar-refractivity contribution in [2.24, 2.45) is 0 Å². The van der Waals surface area contributed by atoms with Crippen molar-refractivity contribution in [3.05, 3.63) is 54.1 Å². The Bertz CT molecular complexity index is 495. The normalized spacial score (nSPS) is 11.8. The summed E-state index contributed by atoms with van der Waals surface area (Å²) in [6.45, 7) is 3.13. The van der Waals surface area contributed by atoms with Crippen LogP contribution in [-0.4, -0.2) is 23.1 Å². The molecule has 1 aromatic carbocycles. The van der Waals surface area contributed by atoms with Gasteiger partial charge in [-0.1, -0.05) is 30.7 Å². The summed E-state index contributed by atoms with van der Waals surface area (Å²) in [5.41, 5.74) is 3.79. The maximum atomic E-state index is 4.05. The van der Waals surface area contributed by atoms with Crippen molar-refractivity contribution in [2.75, 3.05) is 13.6 Å². The Balaban J connectivity index is 2.17. The topological polar surface area (TPSA) is 29.9 Å². The van der Waals surface area contributed by atoms with Gasteiger partial charge in [-0.2, -0.15) is 0 Å². The molecule has 3 nitrogen and oxygen atoms in total. The maximum absolute atomic E-state index is 4.05. The first-order valence-electron chi connectivity index (χ1n) is 6.26. The molecule has 0 aliphatic rings. The summed E-state index contributed by atoms with van der Waals surface area (Å²) in [5, 5.41) is 3.19. The summed E-state index contributed by atoms with van der Waals surface area (Å²) in [7, 11) is 1.98. The van der Waals surface area contributed by atoms with Gasteiger partial charge in [0.2, 0.25) is 0 Å². The van der Waals surface area contributed by atoms with Crippen LogP contribution in [0.15, 0.2) is 48.6 Å². The fourth-order valence-corrected chi connectivity index (χ4v) is 1.90. The molecule has 18 heavy (non-hydrogen) atoms. The quantitative estimate of drug-likeness (QED) is 0.872. The van der Waals surface area contributed by atoms with E-state index in [1.165, 1.54) is 11.1 Å². The molecular weight excluding hydrogens is 222 g/mol. The number of hydrogen-bond acceptors (Lipinski definition) is 2. The Morgan fingerprint density at radius 2 is 2.11 bits per heavy atom. The minimum absolute atomic E-state index is 0.944. The van der Waals surface area contributed by atoms with Gasteiger partial charge in [-0.05, 0) is 31.2 Å². The third-order valence-electron chi connectivity index (χ3n) is 2.92. The van der Waals surface area contributed by atoms with Crippen molar-refractivity contribution in [3.63, 3.8) is 0 Å². The standard InChI is InChI=1S/C15H19N3/c1-3-13(11-16-2)10-14-4-6-15(7-5-14)18-9-8-17-12-18/h4-10,12,16H,3,11H2,1-2H3. The minimum Gasteiger partial charge on any atom is -0.316 e. The Morgan fingerprint density at radius 1 is 1.33 bits per heavy atom. The maximum Gasteiger partial charge on any atom is 0.0991 e. The highest BCUT2D eigenvalue weighted by molar-refractivity contribution is 5.55. The molecule has 0 radical (unpaired) electrons. The summed E-state index contributed by atoms with van der Waals surface area (Å²) < 4.78 is 2.00. The van der Waals surface area contributed by atoms with E-state index in [-0.39, 0.29) is 0 Å². The largest absolute Gasteiger partial charge is 0.316 e. The van der Waals surface area contributed by atoms with Crippen molar-refractivity contribution >= 4 is 6.08 Å². The van der Waals surface area contributed by atoms with Crippen molar-refractivity contribution in [2.45, 2.75) is 13.3 Å². The molecule has 0 amide bonds. The zero-order valence-electron chi connectivity index (χ0n) is 10.9. The Morgan fingerprint density at radius 3 is 2.67 bits per heavy atom. The molecule has 0 bridgehead atoms. The van der Waals surface area contributed by atoms with E-state index in [1.807, 2.05) is 24.1 Å². The van der Waals surface area contributed by atoms with Crippen LogP contribution in [0.1, 0.15) is 18.9 Å². The molecule has 0 spiro atoms. The number of likely N-dealkylation sites (N-methyl/N-ethyl adjacent to an activating group) is 1. The SMILES string of the molecule is CCC(=Cc1ccc(-n2ccnc2)cc1)CNC.